The maximum absolute atomic E-state index is 11.9. The summed E-state index contributed by atoms with van der Waals surface area (Å²) in [6.45, 7) is 4.79. The fourth-order valence-corrected chi connectivity index (χ4v) is 2.11. The van der Waals surface area contributed by atoms with Crippen molar-refractivity contribution in [3.8, 4) is 0 Å². The first-order chi connectivity index (χ1) is 7.72. The minimum Gasteiger partial charge on any atom is -0.374 e. The van der Waals surface area contributed by atoms with Gasteiger partial charge in [0, 0.05) is 19.6 Å². The van der Waals surface area contributed by atoms with E-state index in [1.165, 1.54) is 0 Å². The molecule has 0 unspecified atom stereocenters. The van der Waals surface area contributed by atoms with Crippen LogP contribution in [0.1, 0.15) is 19.3 Å². The van der Waals surface area contributed by atoms with E-state index < -0.39 is 0 Å². The summed E-state index contributed by atoms with van der Waals surface area (Å²) in [6, 6.07) is 0. The number of alkyl halides is 1. The lowest BCUT2D eigenvalue weighted by Crippen LogP contribution is -2.46. The molecule has 0 aliphatic carbocycles. The van der Waals surface area contributed by atoms with Crippen LogP contribution in [0.15, 0.2) is 0 Å². The Hall–Kier alpha value is -0.190. The van der Waals surface area contributed by atoms with E-state index in [2.05, 4.69) is 23.9 Å². The van der Waals surface area contributed by atoms with Crippen molar-refractivity contribution in [2.75, 3.05) is 53.6 Å². The topological polar surface area (TPSA) is 15.7 Å². The van der Waals surface area contributed by atoms with Gasteiger partial charge >= 0.3 is 0 Å². The van der Waals surface area contributed by atoms with E-state index >= 15 is 0 Å². The lowest BCUT2D eigenvalue weighted by atomic mass is 10.2. The second kappa shape index (κ2) is 7.98. The Labute approximate surface area is 98.5 Å². The number of unbranched alkanes of at least 4 members (excludes halogenated alkanes) is 2. The molecule has 0 aromatic rings. The van der Waals surface area contributed by atoms with Crippen molar-refractivity contribution in [3.05, 3.63) is 0 Å². The predicted octanol–water partition coefficient (Wildman–Crippen LogP) is 1.39. The fourth-order valence-electron chi connectivity index (χ4n) is 2.11. The quantitative estimate of drug-likeness (QED) is 0.617. The lowest BCUT2D eigenvalue weighted by Gasteiger charge is -2.34. The highest BCUT2D eigenvalue weighted by Crippen LogP contribution is 2.08. The summed E-state index contributed by atoms with van der Waals surface area (Å²) in [7, 11) is 4.15. The van der Waals surface area contributed by atoms with E-state index in [1.807, 2.05) is 0 Å². The highest BCUT2D eigenvalue weighted by Gasteiger charge is 2.20. The molecule has 0 radical (unpaired) electrons. The molecule has 4 heteroatoms. The molecule has 96 valence electrons. The molecule has 0 spiro atoms. The summed E-state index contributed by atoms with van der Waals surface area (Å²) in [6.07, 6.45) is 3.17. The SMILES string of the molecule is CN(C)C[C@H]1CN(CCCCCF)CCO1. The van der Waals surface area contributed by atoms with E-state index in [-0.39, 0.29) is 6.67 Å². The van der Waals surface area contributed by atoms with Crippen molar-refractivity contribution in [2.45, 2.75) is 25.4 Å². The molecule has 1 rings (SSSR count). The monoisotopic (exact) mass is 232 g/mol. The molecule has 1 atom stereocenters. The van der Waals surface area contributed by atoms with Crippen molar-refractivity contribution in [1.82, 2.24) is 9.80 Å². The molecule has 0 aromatic heterocycles. The minimum absolute atomic E-state index is 0.174. The first kappa shape index (κ1) is 13.9. The van der Waals surface area contributed by atoms with Gasteiger partial charge in [-0.2, -0.15) is 0 Å². The number of hydrogen-bond donors (Lipinski definition) is 0. The predicted molar refractivity (Wildman–Crippen MR) is 64.6 cm³/mol. The second-order valence-corrected chi connectivity index (χ2v) is 4.81. The molecule has 1 fully saturated rings. The van der Waals surface area contributed by atoms with Crippen LogP contribution in [0.5, 0.6) is 0 Å². The number of halogens is 1. The van der Waals surface area contributed by atoms with Gasteiger partial charge in [0.25, 0.3) is 0 Å². The summed E-state index contributed by atoms with van der Waals surface area (Å²) in [5.74, 6) is 0. The Morgan fingerprint density at radius 1 is 1.31 bits per heavy atom. The first-order valence-electron chi connectivity index (χ1n) is 6.27. The molecule has 3 nitrogen and oxygen atoms in total. The number of morpholine rings is 1. The van der Waals surface area contributed by atoms with Crippen LogP contribution >= 0.6 is 0 Å². The third kappa shape index (κ3) is 5.77. The van der Waals surface area contributed by atoms with Gasteiger partial charge in [-0.05, 0) is 39.9 Å². The van der Waals surface area contributed by atoms with E-state index in [0.29, 0.717) is 12.5 Å². The zero-order valence-corrected chi connectivity index (χ0v) is 10.6. The number of ether oxygens (including phenoxy) is 1. The lowest BCUT2D eigenvalue weighted by molar-refractivity contribution is -0.0383. The van der Waals surface area contributed by atoms with Gasteiger partial charge in [-0.15, -0.1) is 0 Å². The van der Waals surface area contributed by atoms with Gasteiger partial charge in [-0.1, -0.05) is 0 Å². The standard InChI is InChI=1S/C12H25FN2O/c1-14(2)10-12-11-15(8-9-16-12)7-5-3-4-6-13/h12H,3-11H2,1-2H3/t12-/m0/s1. The average molecular weight is 232 g/mol. The molecule has 0 aromatic carbocycles. The normalized spacial score (nSPS) is 22.9. The fraction of sp³-hybridized carbons (Fsp3) is 1.00. The summed E-state index contributed by atoms with van der Waals surface area (Å²) in [5, 5.41) is 0. The van der Waals surface area contributed by atoms with Crippen LogP contribution in [-0.4, -0.2) is 69.5 Å². The maximum Gasteiger partial charge on any atom is 0.0894 e. The maximum atomic E-state index is 11.9. The van der Waals surface area contributed by atoms with E-state index in [9.17, 15) is 4.39 Å². The van der Waals surface area contributed by atoms with E-state index in [0.717, 1.165) is 45.6 Å². The second-order valence-electron chi connectivity index (χ2n) is 4.81. The summed E-state index contributed by atoms with van der Waals surface area (Å²) >= 11 is 0. The van der Waals surface area contributed by atoms with Crippen molar-refractivity contribution < 1.29 is 9.13 Å². The molecular formula is C12H25FN2O. The van der Waals surface area contributed by atoms with Crippen molar-refractivity contribution in [1.29, 1.82) is 0 Å². The molecule has 1 aliphatic heterocycles. The van der Waals surface area contributed by atoms with Crippen molar-refractivity contribution >= 4 is 0 Å². The minimum atomic E-state index is -0.174. The number of rotatable bonds is 7. The molecular weight excluding hydrogens is 207 g/mol. The third-order valence-electron chi connectivity index (χ3n) is 2.90. The number of likely N-dealkylation sites (N-methyl/N-ethyl adjacent to an activating group) is 1. The van der Waals surface area contributed by atoms with Crippen LogP contribution in [-0.2, 0) is 4.74 Å². The first-order valence-corrected chi connectivity index (χ1v) is 6.27. The van der Waals surface area contributed by atoms with Gasteiger partial charge in [-0.3, -0.25) is 9.29 Å². The Morgan fingerprint density at radius 3 is 2.81 bits per heavy atom. The smallest absolute Gasteiger partial charge is 0.0894 e. The average Bonchev–Trinajstić information content (AvgIpc) is 2.24. The molecule has 16 heavy (non-hydrogen) atoms. The highest BCUT2D eigenvalue weighted by atomic mass is 19.1. The number of hydrogen-bond acceptors (Lipinski definition) is 3. The Kier molecular flexibility index (Phi) is 6.92. The Morgan fingerprint density at radius 2 is 2.12 bits per heavy atom. The highest BCUT2D eigenvalue weighted by molar-refractivity contribution is 4.73. The van der Waals surface area contributed by atoms with Gasteiger partial charge in [0.15, 0.2) is 0 Å². The van der Waals surface area contributed by atoms with E-state index in [4.69, 9.17) is 4.74 Å². The summed E-state index contributed by atoms with van der Waals surface area (Å²) in [4.78, 5) is 4.60. The molecule has 1 saturated heterocycles. The van der Waals surface area contributed by atoms with Crippen molar-refractivity contribution in [3.63, 3.8) is 0 Å². The largest absolute Gasteiger partial charge is 0.374 e. The molecule has 1 heterocycles. The van der Waals surface area contributed by atoms with Gasteiger partial charge in [0.1, 0.15) is 0 Å². The van der Waals surface area contributed by atoms with Gasteiger partial charge < -0.3 is 9.64 Å². The van der Waals surface area contributed by atoms with Crippen LogP contribution in [0.3, 0.4) is 0 Å². The van der Waals surface area contributed by atoms with Gasteiger partial charge in [-0.25, -0.2) is 0 Å². The van der Waals surface area contributed by atoms with E-state index in [1.54, 1.807) is 0 Å². The molecule has 0 bridgehead atoms. The van der Waals surface area contributed by atoms with Crippen LogP contribution < -0.4 is 0 Å². The molecule has 0 saturated carbocycles. The van der Waals surface area contributed by atoms with Crippen LogP contribution in [0.25, 0.3) is 0 Å². The van der Waals surface area contributed by atoms with Crippen molar-refractivity contribution in [2.24, 2.45) is 0 Å². The number of nitrogens with zero attached hydrogens (tertiary/aromatic N) is 2. The molecule has 0 amide bonds. The van der Waals surface area contributed by atoms with Crippen LogP contribution in [0.4, 0.5) is 4.39 Å². The zero-order chi connectivity index (χ0) is 11.8. The van der Waals surface area contributed by atoms with Gasteiger partial charge in [0.05, 0.1) is 19.4 Å². The Bertz CT molecular complexity index is 178. The van der Waals surface area contributed by atoms with Crippen LogP contribution in [0.2, 0.25) is 0 Å². The van der Waals surface area contributed by atoms with Crippen LogP contribution in [0, 0.1) is 0 Å². The Balaban J connectivity index is 2.12. The third-order valence-corrected chi connectivity index (χ3v) is 2.90. The summed E-state index contributed by atoms with van der Waals surface area (Å²) < 4.78 is 17.6. The molecule has 1 aliphatic rings. The van der Waals surface area contributed by atoms with Gasteiger partial charge in [0.2, 0.25) is 0 Å². The molecule has 0 N–H and O–H groups in total. The zero-order valence-electron chi connectivity index (χ0n) is 10.6. The summed E-state index contributed by atoms with van der Waals surface area (Å²) in [5.41, 5.74) is 0.